The maximum absolute atomic E-state index is 12.0. The molecule has 0 saturated heterocycles. The van der Waals surface area contributed by atoms with Crippen molar-refractivity contribution in [3.05, 3.63) is 62.4 Å². The molecular weight excluding hydrogens is 326 g/mol. The van der Waals surface area contributed by atoms with Crippen molar-refractivity contribution in [2.75, 3.05) is 5.32 Å². The van der Waals surface area contributed by atoms with Crippen LogP contribution < -0.4 is 5.32 Å². The molecule has 102 valence electrons. The van der Waals surface area contributed by atoms with Crippen LogP contribution in [0.1, 0.15) is 16.1 Å². The molecule has 0 spiro atoms. The highest BCUT2D eigenvalue weighted by molar-refractivity contribution is 9.10. The highest BCUT2D eigenvalue weighted by Crippen LogP contribution is 2.25. The minimum atomic E-state index is -0.484. The second-order valence-corrected chi connectivity index (χ2v) is 4.82. The lowest BCUT2D eigenvalue weighted by atomic mass is 10.1. The van der Waals surface area contributed by atoms with Gasteiger partial charge < -0.3 is 5.32 Å². The summed E-state index contributed by atoms with van der Waals surface area (Å²) < 4.78 is 0.543. The maximum Gasteiger partial charge on any atom is 0.274 e. The van der Waals surface area contributed by atoms with E-state index in [1.807, 2.05) is 0 Å². The average molecular weight is 336 g/mol. The number of pyridine rings is 1. The first-order valence-corrected chi connectivity index (χ1v) is 6.46. The van der Waals surface area contributed by atoms with E-state index < -0.39 is 10.8 Å². The maximum atomic E-state index is 12.0. The first kappa shape index (κ1) is 14.1. The molecule has 0 unspecified atom stereocenters. The highest BCUT2D eigenvalue weighted by Gasteiger charge is 2.16. The number of amides is 1. The molecule has 2 aromatic rings. The number of nitro groups is 1. The molecule has 20 heavy (non-hydrogen) atoms. The van der Waals surface area contributed by atoms with E-state index in [4.69, 9.17) is 0 Å². The van der Waals surface area contributed by atoms with Gasteiger partial charge in [-0.2, -0.15) is 0 Å². The van der Waals surface area contributed by atoms with E-state index in [2.05, 4.69) is 26.2 Å². The third kappa shape index (κ3) is 3.00. The first-order valence-electron chi connectivity index (χ1n) is 5.67. The summed E-state index contributed by atoms with van der Waals surface area (Å²) in [4.78, 5) is 26.4. The van der Waals surface area contributed by atoms with Gasteiger partial charge in [0, 0.05) is 6.07 Å². The van der Waals surface area contributed by atoms with E-state index in [1.165, 1.54) is 12.1 Å². The van der Waals surface area contributed by atoms with E-state index >= 15 is 0 Å². The van der Waals surface area contributed by atoms with Crippen LogP contribution in [0.15, 0.2) is 41.0 Å². The Bertz CT molecular complexity index is 688. The minimum absolute atomic E-state index is 0.0370. The van der Waals surface area contributed by atoms with Crippen LogP contribution in [0.25, 0.3) is 0 Å². The van der Waals surface area contributed by atoms with Crippen LogP contribution in [0, 0.1) is 17.0 Å². The number of hydrogen-bond donors (Lipinski definition) is 1. The zero-order valence-electron chi connectivity index (χ0n) is 10.5. The topological polar surface area (TPSA) is 85.1 Å². The van der Waals surface area contributed by atoms with Gasteiger partial charge in [-0.1, -0.05) is 12.1 Å². The zero-order chi connectivity index (χ0) is 14.7. The van der Waals surface area contributed by atoms with Gasteiger partial charge in [-0.15, -0.1) is 0 Å². The van der Waals surface area contributed by atoms with Crippen molar-refractivity contribution in [2.45, 2.75) is 6.92 Å². The number of carbonyl (C=O) groups excluding carboxylic acids is 1. The lowest BCUT2D eigenvalue weighted by Crippen LogP contribution is -2.14. The van der Waals surface area contributed by atoms with Crippen LogP contribution in [0.2, 0.25) is 0 Å². The second-order valence-electron chi connectivity index (χ2n) is 4.01. The molecule has 1 amide bonds. The molecule has 6 nitrogen and oxygen atoms in total. The molecule has 0 aliphatic rings. The Labute approximate surface area is 123 Å². The molecule has 0 bridgehead atoms. The fraction of sp³-hybridized carbons (Fsp3) is 0.0769. The number of rotatable bonds is 3. The fourth-order valence-corrected chi connectivity index (χ4v) is 2.02. The molecule has 0 atom stereocenters. The normalized spacial score (nSPS) is 10.1. The summed E-state index contributed by atoms with van der Waals surface area (Å²) in [5, 5.41) is 13.5. The van der Waals surface area contributed by atoms with Crippen LogP contribution in [-0.4, -0.2) is 15.8 Å². The molecular formula is C13H10BrN3O3. The SMILES string of the molecule is Cc1c(NC(=O)c2cccc(Br)n2)cccc1[N+](=O)[O-]. The number of nitro benzene ring substituents is 1. The fourth-order valence-electron chi connectivity index (χ4n) is 1.68. The Balaban J connectivity index is 2.29. The third-order valence-corrected chi connectivity index (χ3v) is 3.14. The van der Waals surface area contributed by atoms with Crippen molar-refractivity contribution in [2.24, 2.45) is 0 Å². The van der Waals surface area contributed by atoms with Gasteiger partial charge in [0.15, 0.2) is 0 Å². The van der Waals surface area contributed by atoms with E-state index in [9.17, 15) is 14.9 Å². The number of halogens is 1. The number of nitrogens with zero attached hydrogens (tertiary/aromatic N) is 2. The number of nitrogens with one attached hydrogen (secondary N) is 1. The predicted octanol–water partition coefficient (Wildman–Crippen LogP) is 3.31. The van der Waals surface area contributed by atoms with Gasteiger partial charge >= 0.3 is 0 Å². The van der Waals surface area contributed by atoms with Crippen molar-refractivity contribution in [3.8, 4) is 0 Å². The Morgan fingerprint density at radius 3 is 2.65 bits per heavy atom. The Morgan fingerprint density at radius 1 is 1.30 bits per heavy atom. The average Bonchev–Trinajstić information content (AvgIpc) is 2.40. The van der Waals surface area contributed by atoms with Crippen LogP contribution in [0.3, 0.4) is 0 Å². The number of carbonyl (C=O) groups is 1. The summed E-state index contributed by atoms with van der Waals surface area (Å²) in [5.74, 6) is -0.421. The van der Waals surface area contributed by atoms with Crippen LogP contribution in [-0.2, 0) is 0 Å². The highest BCUT2D eigenvalue weighted by atomic mass is 79.9. The quantitative estimate of drug-likeness (QED) is 0.529. The van der Waals surface area contributed by atoms with Crippen molar-refractivity contribution in [3.63, 3.8) is 0 Å². The van der Waals surface area contributed by atoms with Crippen LogP contribution in [0.5, 0.6) is 0 Å². The van der Waals surface area contributed by atoms with E-state index in [-0.39, 0.29) is 11.4 Å². The molecule has 0 aliphatic heterocycles. The molecule has 0 fully saturated rings. The molecule has 2 rings (SSSR count). The Kier molecular flexibility index (Phi) is 4.09. The summed E-state index contributed by atoms with van der Waals surface area (Å²) in [6.45, 7) is 1.59. The van der Waals surface area contributed by atoms with E-state index in [0.29, 0.717) is 15.9 Å². The minimum Gasteiger partial charge on any atom is -0.320 e. The van der Waals surface area contributed by atoms with Gasteiger partial charge in [0.1, 0.15) is 10.3 Å². The largest absolute Gasteiger partial charge is 0.320 e. The monoisotopic (exact) mass is 335 g/mol. The van der Waals surface area contributed by atoms with Crippen molar-refractivity contribution >= 4 is 33.2 Å². The number of anilines is 1. The number of hydrogen-bond acceptors (Lipinski definition) is 4. The second kappa shape index (κ2) is 5.79. The van der Waals surface area contributed by atoms with E-state index in [1.54, 1.807) is 31.2 Å². The molecule has 0 saturated carbocycles. The Morgan fingerprint density at radius 2 is 2.00 bits per heavy atom. The summed E-state index contributed by atoms with van der Waals surface area (Å²) in [5.41, 5.74) is 0.988. The summed E-state index contributed by atoms with van der Waals surface area (Å²) in [6, 6.07) is 9.48. The summed E-state index contributed by atoms with van der Waals surface area (Å²) in [7, 11) is 0. The molecule has 1 aromatic carbocycles. The van der Waals surface area contributed by atoms with Gasteiger partial charge in [0.25, 0.3) is 11.6 Å². The summed E-state index contributed by atoms with van der Waals surface area (Å²) >= 11 is 3.18. The van der Waals surface area contributed by atoms with Gasteiger partial charge in [0.2, 0.25) is 0 Å². The Hall–Kier alpha value is -2.28. The standard InChI is InChI=1S/C13H10BrN3O3/c1-8-9(4-2-6-11(8)17(19)20)16-13(18)10-5-3-7-12(14)15-10/h2-7H,1H3,(H,16,18). The van der Waals surface area contributed by atoms with Crippen LogP contribution in [0.4, 0.5) is 11.4 Å². The molecule has 1 N–H and O–H groups in total. The van der Waals surface area contributed by atoms with Gasteiger partial charge in [-0.3, -0.25) is 14.9 Å². The molecule has 1 heterocycles. The third-order valence-electron chi connectivity index (χ3n) is 2.70. The van der Waals surface area contributed by atoms with Gasteiger partial charge in [-0.25, -0.2) is 4.98 Å². The van der Waals surface area contributed by atoms with Crippen LogP contribution >= 0.6 is 15.9 Å². The first-order chi connectivity index (χ1) is 9.49. The van der Waals surface area contributed by atoms with Crippen molar-refractivity contribution in [1.29, 1.82) is 0 Å². The molecule has 0 aliphatic carbocycles. The molecule has 1 aromatic heterocycles. The number of benzene rings is 1. The lowest BCUT2D eigenvalue weighted by molar-refractivity contribution is -0.385. The van der Waals surface area contributed by atoms with Crippen molar-refractivity contribution < 1.29 is 9.72 Å². The zero-order valence-corrected chi connectivity index (χ0v) is 12.0. The van der Waals surface area contributed by atoms with Gasteiger partial charge in [-0.05, 0) is 41.1 Å². The molecule has 7 heteroatoms. The number of aromatic nitrogens is 1. The van der Waals surface area contributed by atoms with Crippen molar-refractivity contribution in [1.82, 2.24) is 4.98 Å². The van der Waals surface area contributed by atoms with E-state index in [0.717, 1.165) is 0 Å². The predicted molar refractivity (Wildman–Crippen MR) is 77.7 cm³/mol. The van der Waals surface area contributed by atoms with Gasteiger partial charge in [0.05, 0.1) is 16.2 Å². The molecule has 0 radical (unpaired) electrons. The smallest absolute Gasteiger partial charge is 0.274 e. The lowest BCUT2D eigenvalue weighted by Gasteiger charge is -2.08. The summed E-state index contributed by atoms with van der Waals surface area (Å²) in [6.07, 6.45) is 0.